The van der Waals surface area contributed by atoms with Gasteiger partial charge in [-0.3, -0.25) is 0 Å². The minimum atomic E-state index is -0.110. The lowest BCUT2D eigenvalue weighted by Crippen LogP contribution is -1.95. The summed E-state index contributed by atoms with van der Waals surface area (Å²) in [6.45, 7) is 4.81. The fourth-order valence-electron chi connectivity index (χ4n) is 2.01. The van der Waals surface area contributed by atoms with Gasteiger partial charge in [0.05, 0.1) is 12.0 Å². The summed E-state index contributed by atoms with van der Waals surface area (Å²) in [5.74, 6) is 0.886. The van der Waals surface area contributed by atoms with Gasteiger partial charge < -0.3 is 4.74 Å². The van der Waals surface area contributed by atoms with Gasteiger partial charge in [0.2, 0.25) is 0 Å². The fraction of sp³-hybridized carbons (Fsp3) is 0.294. The molecule has 0 aromatic heterocycles. The van der Waals surface area contributed by atoms with E-state index in [1.165, 1.54) is 5.56 Å². The van der Waals surface area contributed by atoms with Gasteiger partial charge in [-0.05, 0) is 42.2 Å². The summed E-state index contributed by atoms with van der Waals surface area (Å²) in [6, 6.07) is 16.5. The number of alkyl halides is 1. The number of ether oxygens (including phenoxy) is 1. The van der Waals surface area contributed by atoms with Gasteiger partial charge >= 0.3 is 0 Å². The van der Waals surface area contributed by atoms with E-state index in [0.29, 0.717) is 6.61 Å². The molecule has 0 radical (unpaired) electrons. The van der Waals surface area contributed by atoms with Crippen molar-refractivity contribution in [2.75, 3.05) is 6.61 Å². The first kappa shape index (κ1) is 14.0. The van der Waals surface area contributed by atoms with Gasteiger partial charge in [0.25, 0.3) is 0 Å². The zero-order valence-corrected chi connectivity index (χ0v) is 12.2. The quantitative estimate of drug-likeness (QED) is 0.699. The van der Waals surface area contributed by atoms with Crippen molar-refractivity contribution in [3.8, 4) is 5.75 Å². The second-order valence-electron chi connectivity index (χ2n) is 4.46. The van der Waals surface area contributed by atoms with Crippen LogP contribution in [0.15, 0.2) is 48.5 Å². The lowest BCUT2D eigenvalue weighted by Gasteiger charge is -2.12. The standard InChI is InChI=1S/C17H19ClO/c1-3-13-5-7-14(8-6-13)17(18)15-9-11-16(12-10-15)19-4-2/h5-12,17H,3-4H2,1-2H3. The summed E-state index contributed by atoms with van der Waals surface area (Å²) >= 11 is 6.52. The molecular weight excluding hydrogens is 256 g/mol. The van der Waals surface area contributed by atoms with Crippen LogP contribution in [0.2, 0.25) is 0 Å². The first-order valence-electron chi connectivity index (χ1n) is 6.70. The van der Waals surface area contributed by atoms with E-state index < -0.39 is 0 Å². The average Bonchev–Trinajstić information content (AvgIpc) is 2.48. The Hall–Kier alpha value is -1.47. The number of aryl methyl sites for hydroxylation is 1. The Kier molecular flexibility index (Phi) is 4.86. The Bertz CT molecular complexity index is 502. The molecule has 1 unspecified atom stereocenters. The molecule has 19 heavy (non-hydrogen) atoms. The van der Waals surface area contributed by atoms with Crippen LogP contribution in [-0.2, 0) is 6.42 Å². The molecule has 0 bridgehead atoms. The molecule has 0 saturated heterocycles. The van der Waals surface area contributed by atoms with Gasteiger partial charge in [-0.1, -0.05) is 43.3 Å². The molecule has 0 aliphatic heterocycles. The maximum Gasteiger partial charge on any atom is 0.119 e. The predicted molar refractivity (Wildman–Crippen MR) is 81.1 cm³/mol. The van der Waals surface area contributed by atoms with E-state index in [1.54, 1.807) is 0 Å². The van der Waals surface area contributed by atoms with Crippen LogP contribution >= 0.6 is 11.6 Å². The highest BCUT2D eigenvalue weighted by Crippen LogP contribution is 2.30. The SMILES string of the molecule is CCOc1ccc(C(Cl)c2ccc(CC)cc2)cc1. The smallest absolute Gasteiger partial charge is 0.119 e. The minimum absolute atomic E-state index is 0.110. The van der Waals surface area contributed by atoms with Crippen molar-refractivity contribution >= 4 is 11.6 Å². The van der Waals surface area contributed by atoms with Gasteiger partial charge in [0.1, 0.15) is 5.75 Å². The van der Waals surface area contributed by atoms with Crippen LogP contribution < -0.4 is 4.74 Å². The molecule has 100 valence electrons. The molecule has 2 aromatic rings. The van der Waals surface area contributed by atoms with Crippen LogP contribution in [0.4, 0.5) is 0 Å². The van der Waals surface area contributed by atoms with Crippen molar-refractivity contribution in [1.29, 1.82) is 0 Å². The maximum atomic E-state index is 6.52. The summed E-state index contributed by atoms with van der Waals surface area (Å²) in [4.78, 5) is 0. The molecule has 2 heteroatoms. The van der Waals surface area contributed by atoms with Gasteiger partial charge in [-0.25, -0.2) is 0 Å². The van der Waals surface area contributed by atoms with E-state index in [0.717, 1.165) is 23.3 Å². The fourth-order valence-corrected chi connectivity index (χ4v) is 2.31. The first-order valence-corrected chi connectivity index (χ1v) is 7.14. The molecule has 0 amide bonds. The van der Waals surface area contributed by atoms with Crippen molar-refractivity contribution in [2.24, 2.45) is 0 Å². The highest BCUT2D eigenvalue weighted by molar-refractivity contribution is 6.22. The number of halogens is 1. The van der Waals surface area contributed by atoms with Crippen LogP contribution in [0.3, 0.4) is 0 Å². The molecular formula is C17H19ClO. The number of benzene rings is 2. The van der Waals surface area contributed by atoms with E-state index in [9.17, 15) is 0 Å². The topological polar surface area (TPSA) is 9.23 Å². The summed E-state index contributed by atoms with van der Waals surface area (Å²) in [7, 11) is 0. The van der Waals surface area contributed by atoms with Crippen molar-refractivity contribution in [3.05, 3.63) is 65.2 Å². The van der Waals surface area contributed by atoms with E-state index in [4.69, 9.17) is 16.3 Å². The second kappa shape index (κ2) is 6.63. The largest absolute Gasteiger partial charge is 0.494 e. The molecule has 1 nitrogen and oxygen atoms in total. The molecule has 2 rings (SSSR count). The van der Waals surface area contributed by atoms with Crippen LogP contribution in [0.25, 0.3) is 0 Å². The summed E-state index contributed by atoms with van der Waals surface area (Å²) in [5, 5.41) is -0.110. The van der Waals surface area contributed by atoms with Gasteiger partial charge in [-0.2, -0.15) is 0 Å². The Labute approximate surface area is 120 Å². The molecule has 0 N–H and O–H groups in total. The van der Waals surface area contributed by atoms with Crippen LogP contribution in [0.5, 0.6) is 5.75 Å². The van der Waals surface area contributed by atoms with Crippen LogP contribution in [0, 0.1) is 0 Å². The first-order chi connectivity index (χ1) is 9.24. The Morgan fingerprint density at radius 1 is 0.895 bits per heavy atom. The lowest BCUT2D eigenvalue weighted by molar-refractivity contribution is 0.340. The molecule has 0 aliphatic carbocycles. The number of rotatable bonds is 5. The second-order valence-corrected chi connectivity index (χ2v) is 4.90. The van der Waals surface area contributed by atoms with E-state index in [1.807, 2.05) is 31.2 Å². The van der Waals surface area contributed by atoms with Crippen molar-refractivity contribution in [3.63, 3.8) is 0 Å². The lowest BCUT2D eigenvalue weighted by atomic mass is 10.0. The maximum absolute atomic E-state index is 6.52. The van der Waals surface area contributed by atoms with E-state index in [2.05, 4.69) is 31.2 Å². The number of hydrogen-bond donors (Lipinski definition) is 0. The minimum Gasteiger partial charge on any atom is -0.494 e. The summed E-state index contributed by atoms with van der Waals surface area (Å²) in [6.07, 6.45) is 1.05. The third-order valence-electron chi connectivity index (χ3n) is 3.16. The van der Waals surface area contributed by atoms with Gasteiger partial charge in [-0.15, -0.1) is 11.6 Å². The van der Waals surface area contributed by atoms with E-state index in [-0.39, 0.29) is 5.38 Å². The molecule has 0 aliphatic rings. The Morgan fingerprint density at radius 3 is 1.89 bits per heavy atom. The van der Waals surface area contributed by atoms with Crippen LogP contribution in [0.1, 0.15) is 35.9 Å². The highest BCUT2D eigenvalue weighted by Gasteiger charge is 2.10. The molecule has 1 atom stereocenters. The molecule has 0 saturated carbocycles. The van der Waals surface area contributed by atoms with E-state index >= 15 is 0 Å². The van der Waals surface area contributed by atoms with Crippen molar-refractivity contribution < 1.29 is 4.74 Å². The molecule has 2 aromatic carbocycles. The van der Waals surface area contributed by atoms with Crippen molar-refractivity contribution in [2.45, 2.75) is 25.6 Å². The molecule has 0 heterocycles. The number of hydrogen-bond acceptors (Lipinski definition) is 1. The predicted octanol–water partition coefficient (Wildman–Crippen LogP) is 4.98. The van der Waals surface area contributed by atoms with Crippen molar-refractivity contribution in [1.82, 2.24) is 0 Å². The Balaban J connectivity index is 2.15. The van der Waals surface area contributed by atoms with Gasteiger partial charge in [0, 0.05) is 0 Å². The van der Waals surface area contributed by atoms with Crippen LogP contribution in [-0.4, -0.2) is 6.61 Å². The monoisotopic (exact) mass is 274 g/mol. The normalized spacial score (nSPS) is 12.2. The third kappa shape index (κ3) is 3.51. The zero-order chi connectivity index (χ0) is 13.7. The third-order valence-corrected chi connectivity index (χ3v) is 3.67. The molecule has 0 spiro atoms. The van der Waals surface area contributed by atoms with Gasteiger partial charge in [0.15, 0.2) is 0 Å². The average molecular weight is 275 g/mol. The highest BCUT2D eigenvalue weighted by atomic mass is 35.5. The zero-order valence-electron chi connectivity index (χ0n) is 11.4. The molecule has 0 fully saturated rings. The summed E-state index contributed by atoms with van der Waals surface area (Å²) < 4.78 is 5.43. The Morgan fingerprint density at radius 2 is 1.42 bits per heavy atom. The summed E-state index contributed by atoms with van der Waals surface area (Å²) in [5.41, 5.74) is 3.55.